The molecule has 1 aromatic heterocycles. The zero-order valence-corrected chi connectivity index (χ0v) is 10.3. The monoisotopic (exact) mass is 224 g/mol. The first-order valence-electron chi connectivity index (χ1n) is 5.67. The average molecular weight is 224 g/mol. The van der Waals surface area contributed by atoms with Gasteiger partial charge in [-0.25, -0.2) is 0 Å². The summed E-state index contributed by atoms with van der Waals surface area (Å²) in [6.07, 6.45) is 3.51. The van der Waals surface area contributed by atoms with E-state index in [2.05, 4.69) is 18.9 Å². The van der Waals surface area contributed by atoms with Crippen LogP contribution >= 0.6 is 0 Å². The van der Waals surface area contributed by atoms with Gasteiger partial charge in [0.25, 0.3) is 0 Å². The van der Waals surface area contributed by atoms with E-state index >= 15 is 0 Å². The highest BCUT2D eigenvalue weighted by Gasteiger charge is 2.24. The first-order valence-corrected chi connectivity index (χ1v) is 5.67. The van der Waals surface area contributed by atoms with Crippen molar-refractivity contribution in [2.75, 3.05) is 0 Å². The molecule has 1 heterocycles. The molecule has 1 aromatic rings. The molecule has 16 heavy (non-hydrogen) atoms. The SMILES string of the molecule is CC(C)Cn1cc(C(C(=O)O)C(C)C)cn1. The number of carboxylic acids is 1. The predicted molar refractivity (Wildman–Crippen MR) is 62.3 cm³/mol. The Bertz CT molecular complexity index is 356. The van der Waals surface area contributed by atoms with E-state index in [1.165, 1.54) is 0 Å². The van der Waals surface area contributed by atoms with E-state index in [1.807, 2.05) is 24.7 Å². The number of hydrogen-bond donors (Lipinski definition) is 1. The largest absolute Gasteiger partial charge is 0.481 e. The quantitative estimate of drug-likeness (QED) is 0.835. The Labute approximate surface area is 96.3 Å². The minimum Gasteiger partial charge on any atom is -0.481 e. The molecular formula is C12H20N2O2. The lowest BCUT2D eigenvalue weighted by atomic mass is 9.91. The molecule has 0 spiro atoms. The van der Waals surface area contributed by atoms with Crippen LogP contribution in [-0.4, -0.2) is 20.9 Å². The molecule has 0 saturated carbocycles. The highest BCUT2D eigenvalue weighted by Crippen LogP contribution is 2.24. The third kappa shape index (κ3) is 3.08. The molecule has 1 N–H and O–H groups in total. The summed E-state index contributed by atoms with van der Waals surface area (Å²) in [6.45, 7) is 8.87. The van der Waals surface area contributed by atoms with Crippen molar-refractivity contribution in [2.24, 2.45) is 11.8 Å². The van der Waals surface area contributed by atoms with Crippen LogP contribution in [0.15, 0.2) is 12.4 Å². The summed E-state index contributed by atoms with van der Waals surface area (Å²) in [7, 11) is 0. The van der Waals surface area contributed by atoms with Crippen LogP contribution in [0.3, 0.4) is 0 Å². The average Bonchev–Trinajstić information content (AvgIpc) is 2.50. The van der Waals surface area contributed by atoms with E-state index in [0.29, 0.717) is 5.92 Å². The van der Waals surface area contributed by atoms with E-state index in [-0.39, 0.29) is 5.92 Å². The molecule has 0 fully saturated rings. The van der Waals surface area contributed by atoms with Crippen molar-refractivity contribution in [3.05, 3.63) is 18.0 Å². The minimum absolute atomic E-state index is 0.0780. The van der Waals surface area contributed by atoms with Gasteiger partial charge in [-0.2, -0.15) is 5.10 Å². The summed E-state index contributed by atoms with van der Waals surface area (Å²) in [6, 6.07) is 0. The lowest BCUT2D eigenvalue weighted by molar-refractivity contribution is -0.139. The maximum atomic E-state index is 11.1. The van der Waals surface area contributed by atoms with Crippen molar-refractivity contribution < 1.29 is 9.90 Å². The van der Waals surface area contributed by atoms with Gasteiger partial charge in [-0.3, -0.25) is 9.48 Å². The second-order valence-corrected chi connectivity index (χ2v) is 4.95. The Kier molecular flexibility index (Phi) is 4.10. The van der Waals surface area contributed by atoms with Gasteiger partial charge in [0.05, 0.1) is 12.1 Å². The fourth-order valence-corrected chi connectivity index (χ4v) is 1.83. The van der Waals surface area contributed by atoms with Crippen LogP contribution < -0.4 is 0 Å². The normalized spacial score (nSPS) is 13.4. The number of hydrogen-bond acceptors (Lipinski definition) is 2. The van der Waals surface area contributed by atoms with Crippen molar-refractivity contribution in [2.45, 2.75) is 40.2 Å². The van der Waals surface area contributed by atoms with Crippen LogP contribution in [0.1, 0.15) is 39.2 Å². The molecule has 1 unspecified atom stereocenters. The summed E-state index contributed by atoms with van der Waals surface area (Å²) in [5.74, 6) is -0.649. The predicted octanol–water partition coefficient (Wildman–Crippen LogP) is 2.36. The van der Waals surface area contributed by atoms with E-state index < -0.39 is 11.9 Å². The summed E-state index contributed by atoms with van der Waals surface area (Å²) in [4.78, 5) is 11.1. The van der Waals surface area contributed by atoms with Crippen molar-refractivity contribution in [1.29, 1.82) is 0 Å². The van der Waals surface area contributed by atoms with Crippen molar-refractivity contribution >= 4 is 5.97 Å². The molecule has 90 valence electrons. The van der Waals surface area contributed by atoms with Gasteiger partial charge in [-0.05, 0) is 11.8 Å². The van der Waals surface area contributed by atoms with E-state index in [0.717, 1.165) is 12.1 Å². The molecule has 0 saturated heterocycles. The molecule has 1 atom stereocenters. The standard InChI is InChI=1S/C12H20N2O2/c1-8(2)6-14-7-10(5-13-14)11(9(3)4)12(15)16/h5,7-9,11H,6H2,1-4H3,(H,15,16). The number of aromatic nitrogens is 2. The van der Waals surface area contributed by atoms with Gasteiger partial charge in [0.2, 0.25) is 0 Å². The second kappa shape index (κ2) is 5.14. The molecule has 0 aliphatic carbocycles. The van der Waals surface area contributed by atoms with Gasteiger partial charge in [-0.15, -0.1) is 0 Å². The number of nitrogens with zero attached hydrogens (tertiary/aromatic N) is 2. The molecule has 1 rings (SSSR count). The smallest absolute Gasteiger partial charge is 0.311 e. The van der Waals surface area contributed by atoms with Gasteiger partial charge in [0, 0.05) is 18.3 Å². The fraction of sp³-hybridized carbons (Fsp3) is 0.667. The summed E-state index contributed by atoms with van der Waals surface area (Å²) >= 11 is 0. The number of rotatable bonds is 5. The Morgan fingerprint density at radius 3 is 2.50 bits per heavy atom. The van der Waals surface area contributed by atoms with E-state index in [9.17, 15) is 4.79 Å². The molecule has 0 aromatic carbocycles. The molecule has 0 amide bonds. The van der Waals surface area contributed by atoms with Crippen molar-refractivity contribution in [1.82, 2.24) is 9.78 Å². The zero-order chi connectivity index (χ0) is 12.3. The molecule has 0 aliphatic heterocycles. The highest BCUT2D eigenvalue weighted by molar-refractivity contribution is 5.76. The van der Waals surface area contributed by atoms with Crippen LogP contribution in [0.2, 0.25) is 0 Å². The number of carbonyl (C=O) groups is 1. The molecule has 4 nitrogen and oxygen atoms in total. The Balaban J connectivity index is 2.86. The molecule has 0 aliphatic rings. The lowest BCUT2D eigenvalue weighted by Gasteiger charge is -2.13. The van der Waals surface area contributed by atoms with Gasteiger partial charge in [0.1, 0.15) is 0 Å². The Hall–Kier alpha value is -1.32. The topological polar surface area (TPSA) is 55.1 Å². The summed E-state index contributed by atoms with van der Waals surface area (Å²) in [5.41, 5.74) is 0.795. The maximum absolute atomic E-state index is 11.1. The van der Waals surface area contributed by atoms with Gasteiger partial charge >= 0.3 is 5.97 Å². The van der Waals surface area contributed by atoms with Gasteiger partial charge in [-0.1, -0.05) is 27.7 Å². The lowest BCUT2D eigenvalue weighted by Crippen LogP contribution is -2.17. The van der Waals surface area contributed by atoms with Crippen molar-refractivity contribution in [3.63, 3.8) is 0 Å². The van der Waals surface area contributed by atoms with Crippen LogP contribution in [0.4, 0.5) is 0 Å². The van der Waals surface area contributed by atoms with Gasteiger partial charge < -0.3 is 5.11 Å². The second-order valence-electron chi connectivity index (χ2n) is 4.95. The highest BCUT2D eigenvalue weighted by atomic mass is 16.4. The van der Waals surface area contributed by atoms with E-state index in [4.69, 9.17) is 5.11 Å². The molecule has 0 radical (unpaired) electrons. The van der Waals surface area contributed by atoms with Crippen LogP contribution in [0.25, 0.3) is 0 Å². The molecular weight excluding hydrogens is 204 g/mol. The fourth-order valence-electron chi connectivity index (χ4n) is 1.83. The third-order valence-corrected chi connectivity index (χ3v) is 2.50. The third-order valence-electron chi connectivity index (χ3n) is 2.50. The first-order chi connectivity index (χ1) is 7.41. The van der Waals surface area contributed by atoms with Crippen molar-refractivity contribution in [3.8, 4) is 0 Å². The molecule has 0 bridgehead atoms. The Morgan fingerprint density at radius 1 is 1.44 bits per heavy atom. The van der Waals surface area contributed by atoms with E-state index in [1.54, 1.807) is 6.20 Å². The minimum atomic E-state index is -0.779. The van der Waals surface area contributed by atoms with Crippen LogP contribution in [-0.2, 0) is 11.3 Å². The van der Waals surface area contributed by atoms with Gasteiger partial charge in [0.15, 0.2) is 0 Å². The first kappa shape index (κ1) is 12.7. The summed E-state index contributed by atoms with van der Waals surface area (Å²) in [5, 5.41) is 13.3. The summed E-state index contributed by atoms with van der Waals surface area (Å²) < 4.78 is 1.82. The number of carboxylic acid groups (broad SMARTS) is 1. The van der Waals surface area contributed by atoms with Crippen LogP contribution in [0.5, 0.6) is 0 Å². The molecule has 4 heteroatoms. The van der Waals surface area contributed by atoms with Crippen LogP contribution in [0, 0.1) is 11.8 Å². The Morgan fingerprint density at radius 2 is 2.06 bits per heavy atom. The maximum Gasteiger partial charge on any atom is 0.311 e. The zero-order valence-electron chi connectivity index (χ0n) is 10.3. The number of aliphatic carboxylic acids is 1.